The van der Waals surface area contributed by atoms with Gasteiger partial charge in [0.1, 0.15) is 11.3 Å². The van der Waals surface area contributed by atoms with Crippen LogP contribution in [-0.2, 0) is 0 Å². The summed E-state index contributed by atoms with van der Waals surface area (Å²) in [6.45, 7) is 2.03. The van der Waals surface area contributed by atoms with Crippen LogP contribution in [0.3, 0.4) is 0 Å². The molecule has 0 atom stereocenters. The van der Waals surface area contributed by atoms with Crippen molar-refractivity contribution in [2.75, 3.05) is 5.43 Å². The molecule has 2 aromatic carbocycles. The highest BCUT2D eigenvalue weighted by Gasteiger charge is 2.09. The summed E-state index contributed by atoms with van der Waals surface area (Å²) in [7, 11) is 0. The Hall–Kier alpha value is -2.52. The van der Waals surface area contributed by atoms with Gasteiger partial charge in [-0.05, 0) is 47.1 Å². The number of halogens is 2. The highest BCUT2D eigenvalue weighted by Crippen LogP contribution is 2.30. The number of nitrogens with zero attached hydrogens (tertiary/aromatic N) is 4. The highest BCUT2D eigenvalue weighted by molar-refractivity contribution is 9.11. The van der Waals surface area contributed by atoms with E-state index in [0.717, 1.165) is 20.9 Å². The van der Waals surface area contributed by atoms with Gasteiger partial charge in [-0.2, -0.15) is 10.1 Å². The van der Waals surface area contributed by atoms with Gasteiger partial charge in [0.2, 0.25) is 0 Å². The average Bonchev–Trinajstić information content (AvgIpc) is 2.96. The number of aromatic hydroxyl groups is 1. The SMILES string of the molecule is Cc1ccc2[nH]c3nc(NN=Cc4cc(Br)cc(Br)c4O)nnc3c2c1. The predicted molar refractivity (Wildman–Crippen MR) is 109 cm³/mol. The molecule has 0 radical (unpaired) electrons. The van der Waals surface area contributed by atoms with Crippen LogP contribution in [0.4, 0.5) is 5.95 Å². The van der Waals surface area contributed by atoms with Gasteiger partial charge in [0.25, 0.3) is 5.95 Å². The lowest BCUT2D eigenvalue weighted by molar-refractivity contribution is 0.471. The largest absolute Gasteiger partial charge is 0.506 e. The van der Waals surface area contributed by atoms with Crippen LogP contribution in [0.2, 0.25) is 0 Å². The van der Waals surface area contributed by atoms with Gasteiger partial charge in [-0.1, -0.05) is 27.6 Å². The van der Waals surface area contributed by atoms with Gasteiger partial charge < -0.3 is 10.1 Å². The van der Waals surface area contributed by atoms with Crippen LogP contribution in [-0.4, -0.2) is 31.5 Å². The maximum atomic E-state index is 10.0. The molecule has 0 aliphatic rings. The maximum Gasteiger partial charge on any atom is 0.265 e. The van der Waals surface area contributed by atoms with E-state index in [4.69, 9.17) is 0 Å². The quantitative estimate of drug-likeness (QED) is 0.299. The van der Waals surface area contributed by atoms with Gasteiger partial charge in [-0.15, -0.1) is 10.2 Å². The van der Waals surface area contributed by atoms with Gasteiger partial charge in [0.15, 0.2) is 5.65 Å². The molecule has 0 aliphatic carbocycles. The Morgan fingerprint density at radius 2 is 2.04 bits per heavy atom. The van der Waals surface area contributed by atoms with E-state index in [0.29, 0.717) is 21.2 Å². The number of aromatic amines is 1. The molecule has 7 nitrogen and oxygen atoms in total. The van der Waals surface area contributed by atoms with E-state index in [9.17, 15) is 5.11 Å². The standard InChI is InChI=1S/C17H12Br2N6O/c1-8-2-3-13-11(4-8)14-16(21-13)22-17(25-23-14)24-20-7-9-5-10(18)6-12(19)15(9)26/h2-7,26H,1H3,(H2,21,22,24,25). The van der Waals surface area contributed by atoms with Crippen molar-refractivity contribution in [1.82, 2.24) is 20.2 Å². The summed E-state index contributed by atoms with van der Waals surface area (Å²) in [5.41, 5.74) is 6.71. The van der Waals surface area contributed by atoms with Crippen molar-refractivity contribution in [1.29, 1.82) is 0 Å². The van der Waals surface area contributed by atoms with Crippen LogP contribution < -0.4 is 5.43 Å². The number of aryl methyl sites for hydroxylation is 1. The monoisotopic (exact) mass is 474 g/mol. The molecule has 9 heteroatoms. The number of hydrogen-bond donors (Lipinski definition) is 3. The van der Waals surface area contributed by atoms with Crippen molar-refractivity contribution in [3.05, 3.63) is 50.4 Å². The zero-order valence-corrected chi connectivity index (χ0v) is 16.6. The molecule has 4 rings (SSSR count). The second-order valence-corrected chi connectivity index (χ2v) is 7.47. The van der Waals surface area contributed by atoms with Crippen molar-refractivity contribution in [3.63, 3.8) is 0 Å². The minimum Gasteiger partial charge on any atom is -0.506 e. The molecule has 0 aliphatic heterocycles. The third kappa shape index (κ3) is 3.15. The van der Waals surface area contributed by atoms with E-state index in [1.807, 2.05) is 25.1 Å². The molecule has 26 heavy (non-hydrogen) atoms. The summed E-state index contributed by atoms with van der Waals surface area (Å²) in [6, 6.07) is 9.56. The Bertz CT molecular complexity index is 1170. The molecule has 0 saturated carbocycles. The van der Waals surface area contributed by atoms with Crippen molar-refractivity contribution in [3.8, 4) is 5.75 Å². The van der Waals surface area contributed by atoms with Crippen molar-refractivity contribution >= 4 is 66.1 Å². The summed E-state index contributed by atoms with van der Waals surface area (Å²) < 4.78 is 1.39. The zero-order valence-electron chi connectivity index (χ0n) is 13.5. The lowest BCUT2D eigenvalue weighted by atomic mass is 10.2. The Labute approximate surface area is 164 Å². The number of hydrazone groups is 1. The van der Waals surface area contributed by atoms with Gasteiger partial charge >= 0.3 is 0 Å². The van der Waals surface area contributed by atoms with Gasteiger partial charge in [-0.3, -0.25) is 0 Å². The molecule has 0 bridgehead atoms. The summed E-state index contributed by atoms with van der Waals surface area (Å²) in [5, 5.41) is 23.4. The Balaban J connectivity index is 1.63. The molecule has 3 N–H and O–H groups in total. The van der Waals surface area contributed by atoms with Crippen LogP contribution in [0.5, 0.6) is 5.75 Å². The number of anilines is 1. The molecular formula is C17H12Br2N6O. The molecule has 130 valence electrons. The van der Waals surface area contributed by atoms with E-state index in [-0.39, 0.29) is 11.7 Å². The van der Waals surface area contributed by atoms with Crippen LogP contribution in [0.25, 0.3) is 22.1 Å². The smallest absolute Gasteiger partial charge is 0.265 e. The first-order chi connectivity index (χ1) is 12.5. The number of fused-ring (bicyclic) bond motifs is 3. The molecule has 2 heterocycles. The van der Waals surface area contributed by atoms with Gasteiger partial charge in [0.05, 0.1) is 10.7 Å². The molecular weight excluding hydrogens is 464 g/mol. The van der Waals surface area contributed by atoms with Crippen LogP contribution in [0, 0.1) is 6.92 Å². The third-order valence-corrected chi connectivity index (χ3v) is 4.86. The van der Waals surface area contributed by atoms with E-state index < -0.39 is 0 Å². The average molecular weight is 476 g/mol. The summed E-state index contributed by atoms with van der Waals surface area (Å²) in [6.07, 6.45) is 1.48. The summed E-state index contributed by atoms with van der Waals surface area (Å²) in [5.74, 6) is 0.352. The summed E-state index contributed by atoms with van der Waals surface area (Å²) in [4.78, 5) is 7.62. The molecule has 0 saturated heterocycles. The van der Waals surface area contributed by atoms with E-state index >= 15 is 0 Å². The van der Waals surface area contributed by atoms with E-state index in [1.54, 1.807) is 12.1 Å². The predicted octanol–water partition coefficient (Wildman–Crippen LogP) is 4.49. The summed E-state index contributed by atoms with van der Waals surface area (Å²) >= 11 is 6.65. The second-order valence-electron chi connectivity index (χ2n) is 5.70. The fourth-order valence-corrected chi connectivity index (χ4v) is 3.83. The zero-order chi connectivity index (χ0) is 18.3. The molecule has 0 unspecified atom stereocenters. The fourth-order valence-electron chi connectivity index (χ4n) is 2.58. The molecule has 4 aromatic rings. The van der Waals surface area contributed by atoms with Gasteiger partial charge in [0, 0.05) is 20.9 Å². The number of aromatic nitrogens is 4. The second kappa shape index (κ2) is 6.65. The Morgan fingerprint density at radius 1 is 1.19 bits per heavy atom. The van der Waals surface area contributed by atoms with Crippen molar-refractivity contribution in [2.45, 2.75) is 6.92 Å². The molecule has 2 aromatic heterocycles. The molecule has 0 amide bonds. The van der Waals surface area contributed by atoms with Crippen LogP contribution >= 0.6 is 31.9 Å². The Kier molecular flexibility index (Phi) is 4.33. The first-order valence-electron chi connectivity index (χ1n) is 7.61. The van der Waals surface area contributed by atoms with Gasteiger partial charge in [-0.25, -0.2) is 5.43 Å². The maximum absolute atomic E-state index is 10.0. The number of benzene rings is 2. The lowest BCUT2D eigenvalue weighted by Crippen LogP contribution is -1.99. The minimum absolute atomic E-state index is 0.0965. The van der Waals surface area contributed by atoms with Crippen molar-refractivity contribution in [2.24, 2.45) is 5.10 Å². The topological polar surface area (TPSA) is 99.1 Å². The molecule has 0 spiro atoms. The Morgan fingerprint density at radius 3 is 2.88 bits per heavy atom. The first kappa shape index (κ1) is 16.9. The van der Waals surface area contributed by atoms with E-state index in [1.165, 1.54) is 6.21 Å². The number of rotatable bonds is 3. The van der Waals surface area contributed by atoms with Crippen molar-refractivity contribution < 1.29 is 5.11 Å². The number of H-pyrrole nitrogens is 1. The van der Waals surface area contributed by atoms with E-state index in [2.05, 4.69) is 62.6 Å². The van der Waals surface area contributed by atoms with Crippen LogP contribution in [0.15, 0.2) is 44.4 Å². The third-order valence-electron chi connectivity index (χ3n) is 3.80. The number of phenols is 1. The fraction of sp³-hybridized carbons (Fsp3) is 0.0588. The lowest BCUT2D eigenvalue weighted by Gasteiger charge is -2.03. The minimum atomic E-state index is 0.0965. The highest BCUT2D eigenvalue weighted by atomic mass is 79.9. The number of nitrogens with one attached hydrogen (secondary N) is 2. The first-order valence-corrected chi connectivity index (χ1v) is 9.20. The molecule has 0 fully saturated rings. The normalized spacial score (nSPS) is 11.7. The number of hydrogen-bond acceptors (Lipinski definition) is 6. The number of phenolic OH excluding ortho intramolecular Hbond substituents is 1. The van der Waals surface area contributed by atoms with Crippen LogP contribution in [0.1, 0.15) is 11.1 Å².